The number of allylic oxidation sites excluding steroid dienone is 1. The fraction of sp³-hybridized carbons (Fsp3) is 0.444. The maximum Gasteiger partial charge on any atom is 0.203 e. The molecular formula is C36H40O8. The number of aromatic hydroxyl groups is 1. The number of Topliss-reactive ketones (excluding diaryl/α,β-unsaturated/α-hetero) is 4. The molecule has 3 aliphatic carbocycles. The van der Waals surface area contributed by atoms with E-state index >= 15 is 0 Å². The van der Waals surface area contributed by atoms with Crippen LogP contribution in [0.25, 0.3) is 16.9 Å². The first-order chi connectivity index (χ1) is 20.5. The second-order valence-electron chi connectivity index (χ2n) is 13.6. The van der Waals surface area contributed by atoms with Crippen molar-refractivity contribution >= 4 is 28.9 Å². The van der Waals surface area contributed by atoms with Crippen LogP contribution in [0.5, 0.6) is 5.75 Å². The van der Waals surface area contributed by atoms with Gasteiger partial charge in [0.15, 0.2) is 17.2 Å². The van der Waals surface area contributed by atoms with Gasteiger partial charge in [-0.25, -0.2) is 0 Å². The summed E-state index contributed by atoms with van der Waals surface area (Å²) in [5, 5.41) is 46.2. The van der Waals surface area contributed by atoms with Gasteiger partial charge < -0.3 is 20.4 Å². The van der Waals surface area contributed by atoms with Crippen molar-refractivity contribution in [2.24, 2.45) is 22.7 Å². The smallest absolute Gasteiger partial charge is 0.203 e. The second-order valence-corrected chi connectivity index (χ2v) is 13.6. The summed E-state index contributed by atoms with van der Waals surface area (Å²) >= 11 is 0. The zero-order valence-electron chi connectivity index (χ0n) is 26.2. The molecule has 2 unspecified atom stereocenters. The van der Waals surface area contributed by atoms with Gasteiger partial charge in [0.2, 0.25) is 5.78 Å². The van der Waals surface area contributed by atoms with Crippen LogP contribution in [0.15, 0.2) is 53.3 Å². The minimum Gasteiger partial charge on any atom is -0.508 e. The third-order valence-corrected chi connectivity index (χ3v) is 10.4. The van der Waals surface area contributed by atoms with Crippen molar-refractivity contribution in [2.75, 3.05) is 0 Å². The molecule has 0 spiro atoms. The molecule has 0 radical (unpaired) electrons. The number of benzene rings is 2. The summed E-state index contributed by atoms with van der Waals surface area (Å²) in [6.45, 7) is 11.7. The maximum atomic E-state index is 14.5. The number of aliphatic hydroxyl groups is 3. The summed E-state index contributed by atoms with van der Waals surface area (Å²) in [5.74, 6) is -5.62. The van der Waals surface area contributed by atoms with E-state index in [4.69, 9.17) is 0 Å². The standard InChI is InChI=1S/C36H40O8/c1-8-24(38)18(4)20-9-11-21(12-10-20)22-13-14-25(39)27-23(22)15-34(6)16-35(7)28(17(2)3)30(40)26(19(5)37)32(42)36(35,44)33(43)29(34)31(27)41/h9-14,17-18,28,39,41-42,44H,8,15-16H2,1-7H3/t18?,28?,34-,35-,36+/m1/s1. The predicted octanol–water partition coefficient (Wildman–Crippen LogP) is 5.94. The van der Waals surface area contributed by atoms with E-state index < -0.39 is 62.7 Å². The molecule has 1 fully saturated rings. The fourth-order valence-corrected chi connectivity index (χ4v) is 8.43. The number of hydrogen-bond acceptors (Lipinski definition) is 8. The van der Waals surface area contributed by atoms with Crippen molar-refractivity contribution in [3.63, 3.8) is 0 Å². The Morgan fingerprint density at radius 1 is 0.977 bits per heavy atom. The van der Waals surface area contributed by atoms with E-state index in [1.54, 1.807) is 33.8 Å². The number of ketones is 4. The maximum absolute atomic E-state index is 14.5. The Balaban J connectivity index is 1.73. The molecule has 0 aromatic heterocycles. The van der Waals surface area contributed by atoms with Gasteiger partial charge in [-0.05, 0) is 54.0 Å². The van der Waals surface area contributed by atoms with Crippen molar-refractivity contribution in [1.82, 2.24) is 0 Å². The van der Waals surface area contributed by atoms with Gasteiger partial charge in [0.1, 0.15) is 28.6 Å². The van der Waals surface area contributed by atoms with E-state index in [2.05, 4.69) is 0 Å². The van der Waals surface area contributed by atoms with Crippen molar-refractivity contribution < 1.29 is 39.6 Å². The van der Waals surface area contributed by atoms with Crippen LogP contribution in [-0.2, 0) is 25.6 Å². The molecule has 44 heavy (non-hydrogen) atoms. The molecule has 4 N–H and O–H groups in total. The molecule has 0 aliphatic heterocycles. The molecule has 0 amide bonds. The van der Waals surface area contributed by atoms with Gasteiger partial charge in [-0.1, -0.05) is 71.9 Å². The summed E-state index contributed by atoms with van der Waals surface area (Å²) in [5.41, 5.74) is -3.02. The lowest BCUT2D eigenvalue weighted by molar-refractivity contribution is -0.178. The molecule has 1 saturated carbocycles. The molecule has 2 aromatic rings. The highest BCUT2D eigenvalue weighted by Gasteiger charge is 2.72. The number of carbonyl (C=O) groups excluding carboxylic acids is 4. The third-order valence-electron chi connectivity index (χ3n) is 10.4. The first-order valence-electron chi connectivity index (χ1n) is 15.1. The van der Waals surface area contributed by atoms with E-state index in [1.807, 2.05) is 38.1 Å². The van der Waals surface area contributed by atoms with E-state index in [-0.39, 0.29) is 41.4 Å². The summed E-state index contributed by atoms with van der Waals surface area (Å²) in [6, 6.07) is 10.7. The highest BCUT2D eigenvalue weighted by molar-refractivity contribution is 6.24. The number of phenolic OH excluding ortho intramolecular Hbond substituents is 1. The van der Waals surface area contributed by atoms with E-state index in [0.717, 1.165) is 18.1 Å². The SMILES string of the molecule is CCC(=O)C(C)c1ccc(-c2ccc(O)c3c2C[C@]2(C)C[C@]4(C)C(C(C)C)C(=O)C(C(C)=O)=C(O)[C@]4(O)C(=O)C2=C3O)cc1. The predicted molar refractivity (Wildman–Crippen MR) is 165 cm³/mol. The van der Waals surface area contributed by atoms with Gasteiger partial charge >= 0.3 is 0 Å². The number of carbonyl (C=O) groups is 4. The van der Waals surface area contributed by atoms with Crippen LogP contribution < -0.4 is 0 Å². The van der Waals surface area contributed by atoms with Gasteiger partial charge in [-0.15, -0.1) is 0 Å². The molecule has 8 heteroatoms. The first-order valence-corrected chi connectivity index (χ1v) is 15.1. The number of aliphatic hydroxyl groups excluding tert-OH is 2. The van der Waals surface area contributed by atoms with Crippen molar-refractivity contribution in [3.8, 4) is 16.9 Å². The highest BCUT2D eigenvalue weighted by atomic mass is 16.3. The summed E-state index contributed by atoms with van der Waals surface area (Å²) < 4.78 is 0. The quantitative estimate of drug-likeness (QED) is 0.298. The molecule has 2 aromatic carbocycles. The zero-order valence-corrected chi connectivity index (χ0v) is 26.2. The molecule has 3 aliphatic rings. The Labute approximate surface area is 257 Å². The van der Waals surface area contributed by atoms with Crippen molar-refractivity contribution in [2.45, 2.75) is 79.2 Å². The molecule has 0 bridgehead atoms. The Morgan fingerprint density at radius 3 is 2.14 bits per heavy atom. The fourth-order valence-electron chi connectivity index (χ4n) is 8.43. The van der Waals surface area contributed by atoms with E-state index in [1.165, 1.54) is 6.07 Å². The molecule has 232 valence electrons. The molecule has 0 saturated heterocycles. The number of fused-ring (bicyclic) bond motifs is 3. The van der Waals surface area contributed by atoms with Crippen LogP contribution in [-0.4, -0.2) is 49.2 Å². The second kappa shape index (κ2) is 10.3. The van der Waals surface area contributed by atoms with Gasteiger partial charge in [0, 0.05) is 34.7 Å². The first kappa shape index (κ1) is 31.4. The van der Waals surface area contributed by atoms with Crippen LogP contribution in [0.1, 0.15) is 83.9 Å². The molecular weight excluding hydrogens is 560 g/mol. The average molecular weight is 601 g/mol. The zero-order chi connectivity index (χ0) is 32.7. The molecule has 5 rings (SSSR count). The topological polar surface area (TPSA) is 149 Å². The lowest BCUT2D eigenvalue weighted by Crippen LogP contribution is -2.69. The Bertz CT molecular complexity index is 1690. The molecule has 5 atom stereocenters. The number of rotatable bonds is 6. The van der Waals surface area contributed by atoms with Crippen molar-refractivity contribution in [3.05, 3.63) is 70.0 Å². The normalized spacial score (nSPS) is 28.9. The van der Waals surface area contributed by atoms with E-state index in [9.17, 15) is 39.6 Å². The highest BCUT2D eigenvalue weighted by Crippen LogP contribution is 2.65. The summed E-state index contributed by atoms with van der Waals surface area (Å²) in [6.07, 6.45) is 0.633. The van der Waals surface area contributed by atoms with Crippen LogP contribution in [0.3, 0.4) is 0 Å². The van der Waals surface area contributed by atoms with E-state index in [0.29, 0.717) is 17.5 Å². The Kier molecular flexibility index (Phi) is 7.32. The lowest BCUT2D eigenvalue weighted by Gasteiger charge is -2.59. The summed E-state index contributed by atoms with van der Waals surface area (Å²) in [4.78, 5) is 53.0. The van der Waals surface area contributed by atoms with Gasteiger partial charge in [0.05, 0.1) is 5.56 Å². The summed E-state index contributed by atoms with van der Waals surface area (Å²) in [7, 11) is 0. The monoisotopic (exact) mass is 600 g/mol. The molecule has 8 nitrogen and oxygen atoms in total. The molecule has 0 heterocycles. The van der Waals surface area contributed by atoms with Crippen LogP contribution in [0, 0.1) is 22.7 Å². The Morgan fingerprint density at radius 2 is 1.59 bits per heavy atom. The number of phenols is 1. The minimum atomic E-state index is -2.65. The largest absolute Gasteiger partial charge is 0.508 e. The van der Waals surface area contributed by atoms with Crippen molar-refractivity contribution in [1.29, 1.82) is 0 Å². The van der Waals surface area contributed by atoms with Gasteiger partial charge in [-0.2, -0.15) is 0 Å². The number of hydrogen-bond donors (Lipinski definition) is 4. The Hall–Kier alpha value is -4.04. The lowest BCUT2D eigenvalue weighted by atomic mass is 9.43. The average Bonchev–Trinajstić information content (AvgIpc) is 2.94. The third kappa shape index (κ3) is 4.06. The van der Waals surface area contributed by atoms with Gasteiger partial charge in [0.25, 0.3) is 0 Å². The van der Waals surface area contributed by atoms with Crippen LogP contribution in [0.4, 0.5) is 0 Å². The van der Waals surface area contributed by atoms with Crippen LogP contribution in [0.2, 0.25) is 0 Å². The van der Waals surface area contributed by atoms with Crippen LogP contribution >= 0.6 is 0 Å². The van der Waals surface area contributed by atoms with Gasteiger partial charge in [-0.3, -0.25) is 19.2 Å². The minimum absolute atomic E-state index is 0.0234.